The van der Waals surface area contributed by atoms with Gasteiger partial charge in [-0.3, -0.25) is 0 Å². The van der Waals surface area contributed by atoms with Crippen LogP contribution in [0.25, 0.3) is 0 Å². The van der Waals surface area contributed by atoms with Crippen molar-refractivity contribution in [2.75, 3.05) is 13.2 Å². The van der Waals surface area contributed by atoms with Crippen molar-refractivity contribution < 1.29 is 19.7 Å². The fourth-order valence-electron chi connectivity index (χ4n) is 2.22. The van der Waals surface area contributed by atoms with Gasteiger partial charge < -0.3 is 19.7 Å². The predicted molar refractivity (Wildman–Crippen MR) is 61.1 cm³/mol. The molecule has 3 atom stereocenters. The maximum atomic E-state index is 9.71. The Morgan fingerprint density at radius 3 is 2.76 bits per heavy atom. The molecule has 17 heavy (non-hydrogen) atoms. The number of hydrogen-bond acceptors (Lipinski definition) is 4. The van der Waals surface area contributed by atoms with Crippen LogP contribution >= 0.6 is 0 Å². The highest BCUT2D eigenvalue weighted by molar-refractivity contribution is 5.43. The number of rotatable bonds is 3. The summed E-state index contributed by atoms with van der Waals surface area (Å²) in [5.41, 5.74) is 2.09. The molecule has 1 aliphatic carbocycles. The van der Waals surface area contributed by atoms with Gasteiger partial charge in [-0.1, -0.05) is 12.1 Å². The number of benzene rings is 1. The van der Waals surface area contributed by atoms with Crippen LogP contribution in [0.1, 0.15) is 11.1 Å². The molecule has 0 aromatic heterocycles. The van der Waals surface area contributed by atoms with E-state index in [2.05, 4.69) is 0 Å². The lowest BCUT2D eigenvalue weighted by Gasteiger charge is -2.27. The van der Waals surface area contributed by atoms with Crippen LogP contribution in [0.4, 0.5) is 0 Å². The van der Waals surface area contributed by atoms with Gasteiger partial charge in [0.2, 0.25) is 0 Å². The molecular formula is C13H16O4. The molecule has 0 unspecified atom stereocenters. The molecule has 2 N–H and O–H groups in total. The molecule has 92 valence electrons. The lowest BCUT2D eigenvalue weighted by Crippen LogP contribution is -2.34. The average Bonchev–Trinajstić information content (AvgIpc) is 3.12. The summed E-state index contributed by atoms with van der Waals surface area (Å²) in [5, 5.41) is 19.3. The average molecular weight is 236 g/mol. The molecule has 3 rings (SSSR count). The van der Waals surface area contributed by atoms with Crippen molar-refractivity contribution in [3.05, 3.63) is 29.3 Å². The zero-order chi connectivity index (χ0) is 11.8. The van der Waals surface area contributed by atoms with Gasteiger partial charge in [-0.05, 0) is 11.6 Å². The number of aliphatic hydroxyl groups excluding tert-OH is 2. The molecule has 0 radical (unpaired) electrons. The Balaban J connectivity index is 1.81. The van der Waals surface area contributed by atoms with Gasteiger partial charge in [0.25, 0.3) is 0 Å². The first-order chi connectivity index (χ1) is 8.24. The van der Waals surface area contributed by atoms with E-state index in [9.17, 15) is 10.2 Å². The summed E-state index contributed by atoms with van der Waals surface area (Å²) in [7, 11) is 0. The van der Waals surface area contributed by atoms with E-state index < -0.39 is 12.2 Å². The van der Waals surface area contributed by atoms with Crippen LogP contribution in [0.2, 0.25) is 0 Å². The van der Waals surface area contributed by atoms with Crippen molar-refractivity contribution in [3.63, 3.8) is 0 Å². The standard InChI is InChI=1S/C13H16O4/c14-11-4-8-2-1-3-13(10(8)5-12(11)15)17-7-9-6-16-9/h1-3,9,11-12,14-15H,4-7H2/t9-,11+,12+/m0/s1. The van der Waals surface area contributed by atoms with Crippen LogP contribution in [0.3, 0.4) is 0 Å². The van der Waals surface area contributed by atoms with Crippen molar-refractivity contribution in [1.29, 1.82) is 0 Å². The highest BCUT2D eigenvalue weighted by Gasteiger charge is 2.28. The Morgan fingerprint density at radius 2 is 2.00 bits per heavy atom. The third-order valence-electron chi connectivity index (χ3n) is 3.34. The summed E-state index contributed by atoms with van der Waals surface area (Å²) < 4.78 is 10.8. The molecule has 1 aromatic rings. The molecule has 0 spiro atoms. The second-order valence-corrected chi connectivity index (χ2v) is 4.70. The minimum Gasteiger partial charge on any atom is -0.490 e. The summed E-state index contributed by atoms with van der Waals surface area (Å²) in [6, 6.07) is 5.81. The topological polar surface area (TPSA) is 62.2 Å². The quantitative estimate of drug-likeness (QED) is 0.740. The monoisotopic (exact) mass is 236 g/mol. The molecule has 1 aromatic carbocycles. The summed E-state index contributed by atoms with van der Waals surface area (Å²) in [6.45, 7) is 1.34. The Kier molecular flexibility index (Phi) is 2.78. The predicted octanol–water partition coefficient (Wildman–Crippen LogP) is 0.285. The Labute approximate surface area is 99.8 Å². The molecule has 1 fully saturated rings. The van der Waals surface area contributed by atoms with E-state index >= 15 is 0 Å². The first kappa shape index (κ1) is 11.0. The lowest BCUT2D eigenvalue weighted by molar-refractivity contribution is 0.0135. The fraction of sp³-hybridized carbons (Fsp3) is 0.538. The Morgan fingerprint density at radius 1 is 1.24 bits per heavy atom. The molecule has 0 amide bonds. The largest absolute Gasteiger partial charge is 0.490 e. The van der Waals surface area contributed by atoms with Crippen molar-refractivity contribution in [2.45, 2.75) is 31.2 Å². The van der Waals surface area contributed by atoms with Gasteiger partial charge in [0.05, 0.1) is 18.8 Å². The minimum atomic E-state index is -0.690. The van der Waals surface area contributed by atoms with E-state index in [4.69, 9.17) is 9.47 Å². The SMILES string of the molecule is O[C@@H]1Cc2cccc(OC[C@@H]3CO3)c2C[C@H]1O. The zero-order valence-corrected chi connectivity index (χ0v) is 9.50. The van der Waals surface area contributed by atoms with Crippen LogP contribution in [0.15, 0.2) is 18.2 Å². The second-order valence-electron chi connectivity index (χ2n) is 4.70. The molecule has 1 saturated heterocycles. The van der Waals surface area contributed by atoms with Crippen molar-refractivity contribution in [2.24, 2.45) is 0 Å². The van der Waals surface area contributed by atoms with Gasteiger partial charge in [0, 0.05) is 18.4 Å². The first-order valence-electron chi connectivity index (χ1n) is 5.95. The Bertz CT molecular complexity index is 414. The lowest BCUT2D eigenvalue weighted by atomic mass is 9.87. The maximum absolute atomic E-state index is 9.71. The summed E-state index contributed by atoms with van der Waals surface area (Å²) in [5.74, 6) is 0.809. The summed E-state index contributed by atoms with van der Waals surface area (Å²) in [4.78, 5) is 0. The molecule has 1 heterocycles. The van der Waals surface area contributed by atoms with Crippen molar-refractivity contribution in [1.82, 2.24) is 0 Å². The van der Waals surface area contributed by atoms with Gasteiger partial charge in [-0.2, -0.15) is 0 Å². The minimum absolute atomic E-state index is 0.227. The van der Waals surface area contributed by atoms with Crippen molar-refractivity contribution >= 4 is 0 Å². The highest BCUT2D eigenvalue weighted by Crippen LogP contribution is 2.30. The molecule has 4 nitrogen and oxygen atoms in total. The van der Waals surface area contributed by atoms with Crippen LogP contribution in [0.5, 0.6) is 5.75 Å². The number of hydrogen-bond donors (Lipinski definition) is 2. The number of ether oxygens (including phenoxy) is 2. The van der Waals surface area contributed by atoms with E-state index in [1.807, 2.05) is 18.2 Å². The normalized spacial score (nSPS) is 30.8. The van der Waals surface area contributed by atoms with Gasteiger partial charge in [-0.15, -0.1) is 0 Å². The highest BCUT2D eigenvalue weighted by atomic mass is 16.6. The van der Waals surface area contributed by atoms with Crippen LogP contribution in [0, 0.1) is 0 Å². The van der Waals surface area contributed by atoms with E-state index in [0.717, 1.165) is 23.5 Å². The van der Waals surface area contributed by atoms with Crippen LogP contribution in [-0.4, -0.2) is 41.7 Å². The molecule has 4 heteroatoms. The first-order valence-corrected chi connectivity index (χ1v) is 5.95. The molecule has 2 aliphatic rings. The van der Waals surface area contributed by atoms with Gasteiger partial charge in [0.15, 0.2) is 0 Å². The maximum Gasteiger partial charge on any atom is 0.123 e. The third kappa shape index (κ3) is 2.29. The van der Waals surface area contributed by atoms with Crippen molar-refractivity contribution in [3.8, 4) is 5.75 Å². The van der Waals surface area contributed by atoms with E-state index in [1.165, 1.54) is 0 Å². The molecule has 0 saturated carbocycles. The van der Waals surface area contributed by atoms with Gasteiger partial charge in [-0.25, -0.2) is 0 Å². The molecular weight excluding hydrogens is 220 g/mol. The summed E-state index contributed by atoms with van der Waals surface area (Å²) in [6.07, 6.45) is -0.176. The van der Waals surface area contributed by atoms with E-state index in [-0.39, 0.29) is 6.10 Å². The van der Waals surface area contributed by atoms with Gasteiger partial charge in [0.1, 0.15) is 18.5 Å². The zero-order valence-electron chi connectivity index (χ0n) is 9.50. The molecule has 0 bridgehead atoms. The van der Waals surface area contributed by atoms with E-state index in [0.29, 0.717) is 19.4 Å². The third-order valence-corrected chi connectivity index (χ3v) is 3.34. The van der Waals surface area contributed by atoms with Gasteiger partial charge >= 0.3 is 0 Å². The summed E-state index contributed by atoms with van der Waals surface area (Å²) >= 11 is 0. The van der Waals surface area contributed by atoms with E-state index in [1.54, 1.807) is 0 Å². The number of fused-ring (bicyclic) bond motifs is 1. The fourth-order valence-corrected chi connectivity index (χ4v) is 2.22. The second kappa shape index (κ2) is 4.29. The van der Waals surface area contributed by atoms with Crippen LogP contribution in [-0.2, 0) is 17.6 Å². The number of epoxide rings is 1. The van der Waals surface area contributed by atoms with Crippen LogP contribution < -0.4 is 4.74 Å². The smallest absolute Gasteiger partial charge is 0.123 e. The number of aliphatic hydroxyl groups is 2. The Hall–Kier alpha value is -1.10. The molecule has 1 aliphatic heterocycles.